The van der Waals surface area contributed by atoms with Gasteiger partial charge in [0, 0.05) is 18.4 Å². The summed E-state index contributed by atoms with van der Waals surface area (Å²) in [5.41, 5.74) is 0. The van der Waals surface area contributed by atoms with Gasteiger partial charge in [0.2, 0.25) is 5.91 Å². The lowest BCUT2D eigenvalue weighted by molar-refractivity contribution is -0.118. The van der Waals surface area contributed by atoms with Crippen molar-refractivity contribution in [3.05, 3.63) is 0 Å². The number of aliphatic hydroxyl groups excluding tert-OH is 1. The van der Waals surface area contributed by atoms with Crippen LogP contribution < -0.4 is 5.32 Å². The number of rotatable bonds is 9. The zero-order valence-electron chi connectivity index (χ0n) is 10.8. The molecule has 1 fully saturated rings. The number of amides is 1. The lowest BCUT2D eigenvalue weighted by Gasteiger charge is -2.08. The third kappa shape index (κ3) is 7.76. The first-order valence-corrected chi connectivity index (χ1v) is 9.18. The van der Waals surface area contributed by atoms with E-state index in [0.717, 1.165) is 0 Å². The third-order valence-electron chi connectivity index (χ3n) is 2.66. The van der Waals surface area contributed by atoms with Crippen molar-refractivity contribution in [2.24, 2.45) is 0 Å². The van der Waals surface area contributed by atoms with Crippen LogP contribution in [0.1, 0.15) is 12.8 Å². The van der Waals surface area contributed by atoms with E-state index in [9.17, 15) is 13.2 Å². The molecule has 19 heavy (non-hydrogen) atoms. The molecule has 0 saturated carbocycles. The van der Waals surface area contributed by atoms with E-state index in [1.165, 1.54) is 11.8 Å². The van der Waals surface area contributed by atoms with Gasteiger partial charge in [-0.1, -0.05) is 0 Å². The fraction of sp³-hybridized carbons (Fsp3) is 0.909. The maximum atomic E-state index is 11.5. The first kappa shape index (κ1) is 16.7. The quantitative estimate of drug-likeness (QED) is 0.554. The summed E-state index contributed by atoms with van der Waals surface area (Å²) in [7, 11) is -2.86. The predicted octanol–water partition coefficient (Wildman–Crippen LogP) is -0.578. The van der Waals surface area contributed by atoms with Crippen LogP contribution in [-0.4, -0.2) is 68.3 Å². The molecule has 2 N–H and O–H groups in total. The molecule has 0 radical (unpaired) electrons. The Morgan fingerprint density at radius 3 is 2.84 bits per heavy atom. The molecule has 1 amide bonds. The van der Waals surface area contributed by atoms with Gasteiger partial charge in [0.05, 0.1) is 30.5 Å². The first-order valence-electron chi connectivity index (χ1n) is 6.31. The van der Waals surface area contributed by atoms with Gasteiger partial charge in [-0.05, 0) is 12.8 Å². The Hall–Kier alpha value is -0.310. The van der Waals surface area contributed by atoms with Gasteiger partial charge in [0.25, 0.3) is 0 Å². The second kappa shape index (κ2) is 8.78. The molecule has 1 unspecified atom stereocenters. The molecule has 0 bridgehead atoms. The highest BCUT2D eigenvalue weighted by molar-refractivity contribution is 8.02. The smallest absolute Gasteiger partial charge is 0.230 e. The van der Waals surface area contributed by atoms with Gasteiger partial charge in [-0.15, -0.1) is 11.8 Å². The van der Waals surface area contributed by atoms with Crippen LogP contribution in [-0.2, 0) is 19.4 Å². The van der Waals surface area contributed by atoms with Gasteiger partial charge in [0.1, 0.15) is 0 Å². The van der Waals surface area contributed by atoms with Crippen LogP contribution in [0.15, 0.2) is 0 Å². The minimum absolute atomic E-state index is 0.00724. The molecule has 1 atom stereocenters. The maximum absolute atomic E-state index is 11.5. The van der Waals surface area contributed by atoms with E-state index >= 15 is 0 Å². The van der Waals surface area contributed by atoms with Crippen LogP contribution in [0.5, 0.6) is 0 Å². The molecule has 0 aromatic carbocycles. The van der Waals surface area contributed by atoms with E-state index in [2.05, 4.69) is 5.32 Å². The minimum Gasteiger partial charge on any atom is -0.394 e. The zero-order chi connectivity index (χ0) is 14.1. The number of carbonyl (C=O) groups is 1. The number of sulfone groups is 1. The number of aliphatic hydroxyl groups is 1. The average Bonchev–Trinajstić information content (AvgIpc) is 2.71. The number of ether oxygens (including phenoxy) is 1. The summed E-state index contributed by atoms with van der Waals surface area (Å²) in [5, 5.41) is 11.3. The molecular weight excluding hydrogens is 290 g/mol. The molecule has 8 heteroatoms. The summed E-state index contributed by atoms with van der Waals surface area (Å²) in [6.07, 6.45) is 1.35. The Balaban J connectivity index is 1.99. The van der Waals surface area contributed by atoms with Crippen molar-refractivity contribution < 1.29 is 23.1 Å². The number of hydrogen-bond donors (Lipinski definition) is 2. The van der Waals surface area contributed by atoms with E-state index in [0.29, 0.717) is 38.4 Å². The molecule has 1 rings (SSSR count). The summed E-state index contributed by atoms with van der Waals surface area (Å²) >= 11 is 1.41. The van der Waals surface area contributed by atoms with Crippen molar-refractivity contribution >= 4 is 27.5 Å². The minimum atomic E-state index is -2.86. The molecule has 1 heterocycles. The van der Waals surface area contributed by atoms with E-state index < -0.39 is 9.84 Å². The molecular formula is C11H21NO5S2. The molecule has 0 aromatic rings. The average molecular weight is 311 g/mol. The van der Waals surface area contributed by atoms with Gasteiger partial charge >= 0.3 is 0 Å². The number of hydrogen-bond acceptors (Lipinski definition) is 6. The van der Waals surface area contributed by atoms with Gasteiger partial charge in [-0.25, -0.2) is 8.42 Å². The summed E-state index contributed by atoms with van der Waals surface area (Å²) in [6, 6.07) is 0. The van der Waals surface area contributed by atoms with Gasteiger partial charge in [0.15, 0.2) is 9.84 Å². The van der Waals surface area contributed by atoms with E-state index in [4.69, 9.17) is 9.84 Å². The Bertz CT molecular complexity index is 371. The van der Waals surface area contributed by atoms with Crippen molar-refractivity contribution in [3.63, 3.8) is 0 Å². The van der Waals surface area contributed by atoms with Crippen molar-refractivity contribution in [1.82, 2.24) is 5.32 Å². The van der Waals surface area contributed by atoms with E-state index in [1.807, 2.05) is 0 Å². The largest absolute Gasteiger partial charge is 0.394 e. The van der Waals surface area contributed by atoms with Gasteiger partial charge < -0.3 is 15.2 Å². The SMILES string of the molecule is O=C(CSC1CCS(=O)(=O)C1)NCCCOCCO. The number of thioether (sulfide) groups is 1. The normalized spacial score (nSPS) is 21.4. The molecule has 0 aromatic heterocycles. The number of nitrogens with one attached hydrogen (secondary N) is 1. The van der Waals surface area contributed by atoms with Crippen molar-refractivity contribution in [1.29, 1.82) is 0 Å². The van der Waals surface area contributed by atoms with Crippen LogP contribution >= 0.6 is 11.8 Å². The second-order valence-electron chi connectivity index (χ2n) is 4.38. The molecule has 1 aliphatic rings. The summed E-state index contributed by atoms with van der Waals surface area (Å²) in [5.74, 6) is 0.669. The lowest BCUT2D eigenvalue weighted by Crippen LogP contribution is -2.28. The van der Waals surface area contributed by atoms with Crippen LogP contribution in [0.3, 0.4) is 0 Å². The fourth-order valence-corrected chi connectivity index (χ4v) is 5.18. The third-order valence-corrected chi connectivity index (χ3v) is 5.95. The molecule has 1 aliphatic heterocycles. The second-order valence-corrected chi connectivity index (χ2v) is 7.89. The highest BCUT2D eigenvalue weighted by atomic mass is 32.2. The van der Waals surface area contributed by atoms with Crippen molar-refractivity contribution in [2.45, 2.75) is 18.1 Å². The Morgan fingerprint density at radius 1 is 1.42 bits per heavy atom. The highest BCUT2D eigenvalue weighted by Gasteiger charge is 2.28. The molecule has 0 spiro atoms. The fourth-order valence-electron chi connectivity index (χ4n) is 1.71. The predicted molar refractivity (Wildman–Crippen MR) is 75.0 cm³/mol. The topological polar surface area (TPSA) is 92.7 Å². The van der Waals surface area contributed by atoms with Crippen molar-refractivity contribution in [3.8, 4) is 0 Å². The van der Waals surface area contributed by atoms with E-state index in [1.54, 1.807) is 0 Å². The Labute approximate surface area is 118 Å². The van der Waals surface area contributed by atoms with Crippen molar-refractivity contribution in [2.75, 3.05) is 43.6 Å². The highest BCUT2D eigenvalue weighted by Crippen LogP contribution is 2.23. The standard InChI is InChI=1S/C11H21NO5S2/c13-4-6-17-5-1-3-12-11(14)8-18-10-2-7-19(15,16)9-10/h10,13H,1-9H2,(H,12,14). The summed E-state index contributed by atoms with van der Waals surface area (Å²) < 4.78 is 27.5. The molecule has 0 aliphatic carbocycles. The molecule has 112 valence electrons. The molecule has 1 saturated heterocycles. The monoisotopic (exact) mass is 311 g/mol. The van der Waals surface area contributed by atoms with Crippen LogP contribution in [0, 0.1) is 0 Å². The Morgan fingerprint density at radius 2 is 2.21 bits per heavy atom. The van der Waals surface area contributed by atoms with Crippen LogP contribution in [0.2, 0.25) is 0 Å². The van der Waals surface area contributed by atoms with Crippen LogP contribution in [0.4, 0.5) is 0 Å². The summed E-state index contributed by atoms with van der Waals surface area (Å²) in [4.78, 5) is 11.5. The first-order chi connectivity index (χ1) is 9.03. The number of carbonyl (C=O) groups excluding carboxylic acids is 1. The Kier molecular flexibility index (Phi) is 7.74. The van der Waals surface area contributed by atoms with Gasteiger partial charge in [-0.3, -0.25) is 4.79 Å². The van der Waals surface area contributed by atoms with Crippen LogP contribution in [0.25, 0.3) is 0 Å². The summed E-state index contributed by atoms with van der Waals surface area (Å²) in [6.45, 7) is 1.37. The lowest BCUT2D eigenvalue weighted by atomic mass is 10.4. The maximum Gasteiger partial charge on any atom is 0.230 e. The van der Waals surface area contributed by atoms with Gasteiger partial charge in [-0.2, -0.15) is 0 Å². The zero-order valence-corrected chi connectivity index (χ0v) is 12.5. The molecule has 6 nitrogen and oxygen atoms in total. The van der Waals surface area contributed by atoms with E-state index in [-0.39, 0.29) is 29.3 Å².